The number of ketones is 1. The van der Waals surface area contributed by atoms with Crippen molar-refractivity contribution in [3.63, 3.8) is 0 Å². The maximum Gasteiger partial charge on any atom is 0.357 e. The minimum Gasteiger partial charge on any atom is -0.464 e. The minimum absolute atomic E-state index is 0.0869. The highest BCUT2D eigenvalue weighted by Gasteiger charge is 2.16. The molecule has 0 atom stereocenters. The molecule has 0 unspecified atom stereocenters. The van der Waals surface area contributed by atoms with Crippen LogP contribution in [0.25, 0.3) is 10.9 Å². The predicted molar refractivity (Wildman–Crippen MR) is 102 cm³/mol. The van der Waals surface area contributed by atoms with Gasteiger partial charge in [-0.3, -0.25) is 9.78 Å². The topological polar surface area (TPSA) is 84.9 Å². The van der Waals surface area contributed by atoms with E-state index in [9.17, 15) is 9.59 Å². The average Bonchev–Trinajstić information content (AvgIpc) is 3.34. The molecule has 0 aliphatic rings. The summed E-state index contributed by atoms with van der Waals surface area (Å²) in [6, 6.07) is 9.49. The number of aromatic nitrogens is 3. The number of esters is 1. The number of para-hydroxylation sites is 1. The van der Waals surface area contributed by atoms with E-state index in [0.29, 0.717) is 17.5 Å². The zero-order chi connectivity index (χ0) is 18.8. The largest absolute Gasteiger partial charge is 0.464 e. The van der Waals surface area contributed by atoms with Gasteiger partial charge in [0.05, 0.1) is 12.1 Å². The Balaban J connectivity index is 1.60. The van der Waals surface area contributed by atoms with Gasteiger partial charge >= 0.3 is 5.97 Å². The fraction of sp³-hybridized carbons (Fsp3) is 0.100. The van der Waals surface area contributed by atoms with Crippen LogP contribution < -0.4 is 0 Å². The van der Waals surface area contributed by atoms with Crippen molar-refractivity contribution in [2.24, 2.45) is 0 Å². The maximum absolute atomic E-state index is 12.9. The minimum atomic E-state index is -0.459. The summed E-state index contributed by atoms with van der Waals surface area (Å²) in [5.74, 6) is -0.546. The number of pyridine rings is 1. The third-order valence-corrected chi connectivity index (χ3v) is 5.04. The molecule has 0 saturated heterocycles. The number of carbonyl (C=O) groups is 2. The van der Waals surface area contributed by atoms with Crippen molar-refractivity contribution >= 4 is 34.0 Å². The van der Waals surface area contributed by atoms with Crippen LogP contribution >= 0.6 is 11.3 Å². The molecule has 4 aromatic rings. The van der Waals surface area contributed by atoms with Crippen LogP contribution in [0.5, 0.6) is 0 Å². The molecule has 0 saturated carbocycles. The first-order valence-electron chi connectivity index (χ1n) is 8.23. The molecule has 27 heavy (non-hydrogen) atoms. The third-order valence-electron chi connectivity index (χ3n) is 4.19. The number of carbonyl (C=O) groups excluding carboxylic acids is 2. The monoisotopic (exact) mass is 377 g/mol. The molecular weight excluding hydrogens is 362 g/mol. The lowest BCUT2D eigenvalue weighted by atomic mass is 10.0. The summed E-state index contributed by atoms with van der Waals surface area (Å²) in [7, 11) is 1.32. The van der Waals surface area contributed by atoms with Gasteiger partial charge in [-0.25, -0.2) is 9.78 Å². The highest BCUT2D eigenvalue weighted by atomic mass is 32.1. The number of hydrogen-bond acceptors (Lipinski definition) is 6. The first-order valence-corrected chi connectivity index (χ1v) is 9.11. The Morgan fingerprint density at radius 1 is 1.22 bits per heavy atom. The summed E-state index contributed by atoms with van der Waals surface area (Å²) in [6.45, 7) is 0. The normalized spacial score (nSPS) is 10.9. The second kappa shape index (κ2) is 7.13. The number of hydrogen-bond donors (Lipinski definition) is 1. The van der Waals surface area contributed by atoms with Crippen molar-refractivity contribution in [2.45, 2.75) is 6.42 Å². The number of nitrogens with one attached hydrogen (secondary N) is 1. The molecule has 0 fully saturated rings. The molecule has 134 valence electrons. The van der Waals surface area contributed by atoms with Crippen LogP contribution in [0.15, 0.2) is 54.3 Å². The lowest BCUT2D eigenvalue weighted by Crippen LogP contribution is -2.03. The Kier molecular flexibility index (Phi) is 4.52. The fourth-order valence-electron chi connectivity index (χ4n) is 2.89. The smallest absolute Gasteiger partial charge is 0.357 e. The number of methoxy groups -OCH3 is 1. The summed E-state index contributed by atoms with van der Waals surface area (Å²) in [6.07, 6.45) is 5.48. The molecular formula is C20H15N3O3S. The number of benzene rings is 1. The number of nitrogens with zero attached hydrogens (tertiary/aromatic N) is 2. The Hall–Kier alpha value is -3.32. The molecule has 3 heterocycles. The lowest BCUT2D eigenvalue weighted by Gasteiger charge is -2.03. The molecule has 1 N–H and O–H groups in total. The Morgan fingerprint density at radius 2 is 2.07 bits per heavy atom. The van der Waals surface area contributed by atoms with Gasteiger partial charge in [0.2, 0.25) is 0 Å². The Bertz CT molecular complexity index is 1150. The van der Waals surface area contributed by atoms with E-state index in [0.717, 1.165) is 21.5 Å². The molecule has 0 spiro atoms. The molecule has 0 radical (unpaired) electrons. The second-order valence-electron chi connectivity index (χ2n) is 5.95. The van der Waals surface area contributed by atoms with Crippen LogP contribution in [0, 0.1) is 0 Å². The molecule has 0 amide bonds. The van der Waals surface area contributed by atoms with Crippen LogP contribution in [-0.2, 0) is 11.2 Å². The molecule has 4 rings (SSSR count). The fourth-order valence-corrected chi connectivity index (χ4v) is 3.69. The summed E-state index contributed by atoms with van der Waals surface area (Å²) in [4.78, 5) is 36.0. The van der Waals surface area contributed by atoms with E-state index < -0.39 is 5.97 Å². The second-order valence-corrected chi connectivity index (χ2v) is 6.90. The van der Waals surface area contributed by atoms with Gasteiger partial charge in [0.25, 0.3) is 0 Å². The third kappa shape index (κ3) is 3.37. The quantitative estimate of drug-likeness (QED) is 0.424. The summed E-state index contributed by atoms with van der Waals surface area (Å²) >= 11 is 1.37. The van der Waals surface area contributed by atoms with Crippen molar-refractivity contribution in [3.8, 4) is 0 Å². The van der Waals surface area contributed by atoms with E-state index >= 15 is 0 Å². The van der Waals surface area contributed by atoms with Gasteiger partial charge in [-0.15, -0.1) is 11.3 Å². The van der Waals surface area contributed by atoms with Gasteiger partial charge in [-0.1, -0.05) is 18.2 Å². The van der Waals surface area contributed by atoms with Crippen molar-refractivity contribution in [1.82, 2.24) is 15.0 Å². The standard InChI is InChI=1S/C20H15N3O3S/c1-26-20(25)17-11-27-18(23-17)7-12-6-13(9-21-8-12)19(24)15-10-22-16-5-3-2-4-14(15)16/h2-6,8-11,22H,7H2,1H3. The number of aromatic amines is 1. The molecule has 0 bridgehead atoms. The summed E-state index contributed by atoms with van der Waals surface area (Å²) in [5, 5.41) is 3.31. The Morgan fingerprint density at radius 3 is 2.93 bits per heavy atom. The van der Waals surface area contributed by atoms with Crippen LogP contribution in [0.4, 0.5) is 0 Å². The van der Waals surface area contributed by atoms with Crippen molar-refractivity contribution in [2.75, 3.05) is 7.11 Å². The van der Waals surface area contributed by atoms with Gasteiger partial charge < -0.3 is 9.72 Å². The van der Waals surface area contributed by atoms with Gasteiger partial charge in [-0.2, -0.15) is 0 Å². The maximum atomic E-state index is 12.9. The first-order chi connectivity index (χ1) is 13.2. The Labute approximate surface area is 158 Å². The van der Waals surface area contributed by atoms with E-state index in [2.05, 4.69) is 19.7 Å². The molecule has 3 aromatic heterocycles. The van der Waals surface area contributed by atoms with Gasteiger partial charge in [-0.05, 0) is 17.7 Å². The SMILES string of the molecule is COC(=O)c1csc(Cc2cncc(C(=O)c3c[nH]c4ccccc34)c2)n1. The van der Waals surface area contributed by atoms with Crippen LogP contribution in [0.1, 0.15) is 37.0 Å². The van der Waals surface area contributed by atoms with Crippen LogP contribution in [-0.4, -0.2) is 33.8 Å². The van der Waals surface area contributed by atoms with Crippen LogP contribution in [0.2, 0.25) is 0 Å². The summed E-state index contributed by atoms with van der Waals surface area (Å²) in [5.41, 5.74) is 3.19. The molecule has 7 heteroatoms. The van der Waals surface area contributed by atoms with Crippen LogP contribution in [0.3, 0.4) is 0 Å². The number of fused-ring (bicyclic) bond motifs is 1. The average molecular weight is 377 g/mol. The highest BCUT2D eigenvalue weighted by Crippen LogP contribution is 2.22. The van der Waals surface area contributed by atoms with Crippen molar-refractivity contribution < 1.29 is 14.3 Å². The zero-order valence-corrected chi connectivity index (χ0v) is 15.2. The van der Waals surface area contributed by atoms with Gasteiger partial charge in [0.15, 0.2) is 11.5 Å². The summed E-state index contributed by atoms with van der Waals surface area (Å²) < 4.78 is 4.67. The van der Waals surface area contributed by atoms with E-state index in [1.807, 2.05) is 30.3 Å². The molecule has 0 aliphatic carbocycles. The van der Waals surface area contributed by atoms with Gasteiger partial charge in [0, 0.05) is 52.4 Å². The number of ether oxygens (including phenoxy) is 1. The van der Waals surface area contributed by atoms with Crippen molar-refractivity contribution in [3.05, 3.63) is 81.7 Å². The van der Waals surface area contributed by atoms with E-state index in [-0.39, 0.29) is 11.5 Å². The van der Waals surface area contributed by atoms with Gasteiger partial charge in [0.1, 0.15) is 0 Å². The number of H-pyrrole nitrogens is 1. The van der Waals surface area contributed by atoms with Crippen molar-refractivity contribution in [1.29, 1.82) is 0 Å². The van der Waals surface area contributed by atoms with E-state index in [1.165, 1.54) is 18.4 Å². The first kappa shape index (κ1) is 17.1. The number of thiazole rings is 1. The molecule has 1 aromatic carbocycles. The van der Waals surface area contributed by atoms with E-state index in [1.54, 1.807) is 24.0 Å². The lowest BCUT2D eigenvalue weighted by molar-refractivity contribution is 0.0594. The molecule has 0 aliphatic heterocycles. The predicted octanol–water partition coefficient (Wildman–Crippen LogP) is 3.63. The van der Waals surface area contributed by atoms with E-state index in [4.69, 9.17) is 0 Å². The number of rotatable bonds is 5. The molecule has 6 nitrogen and oxygen atoms in total. The highest BCUT2D eigenvalue weighted by molar-refractivity contribution is 7.09. The zero-order valence-electron chi connectivity index (χ0n) is 14.4.